The number of hydrogen-bond acceptors (Lipinski definition) is 4. The summed E-state index contributed by atoms with van der Waals surface area (Å²) in [5, 5.41) is 0. The van der Waals surface area contributed by atoms with Crippen LogP contribution in [0.4, 0.5) is 0 Å². The van der Waals surface area contributed by atoms with E-state index in [-0.39, 0.29) is 12.5 Å². The van der Waals surface area contributed by atoms with Gasteiger partial charge in [0.25, 0.3) is 11.8 Å². The Kier molecular flexibility index (Phi) is 5.39. The second-order valence-electron chi connectivity index (χ2n) is 5.36. The Morgan fingerprint density at radius 1 is 1.04 bits per heavy atom. The van der Waals surface area contributed by atoms with E-state index in [9.17, 15) is 9.59 Å². The molecule has 0 unspecified atom stereocenters. The van der Waals surface area contributed by atoms with Gasteiger partial charge in [0, 0.05) is 9.75 Å². The number of ether oxygens (including phenoxy) is 1. The molecule has 2 N–H and O–H groups in total. The molecular weight excluding hydrogens is 312 g/mol. The minimum Gasteiger partial charge on any atom is -0.484 e. The Morgan fingerprint density at radius 2 is 1.78 bits per heavy atom. The van der Waals surface area contributed by atoms with Crippen LogP contribution in [0, 0.1) is 27.7 Å². The predicted octanol–water partition coefficient (Wildman–Crippen LogP) is 2.82. The quantitative estimate of drug-likeness (QED) is 0.846. The lowest BCUT2D eigenvalue weighted by atomic mass is 10.1. The highest BCUT2D eigenvalue weighted by Gasteiger charge is 2.12. The van der Waals surface area contributed by atoms with Crippen LogP contribution in [0.25, 0.3) is 0 Å². The van der Waals surface area contributed by atoms with E-state index >= 15 is 0 Å². The van der Waals surface area contributed by atoms with Crippen LogP contribution in [0.2, 0.25) is 0 Å². The fourth-order valence-corrected chi connectivity index (χ4v) is 2.96. The second-order valence-corrected chi connectivity index (χ2v) is 6.82. The number of nitrogens with one attached hydrogen (secondary N) is 2. The average molecular weight is 332 g/mol. The third kappa shape index (κ3) is 4.56. The summed E-state index contributed by atoms with van der Waals surface area (Å²) in [7, 11) is 0. The SMILES string of the molecule is Cc1cc(C(=O)NNC(=O)COc2ccc(C)c(C)c2)c(C)s1. The van der Waals surface area contributed by atoms with Crippen molar-refractivity contribution in [3.8, 4) is 5.75 Å². The van der Waals surface area contributed by atoms with Crippen LogP contribution < -0.4 is 15.6 Å². The van der Waals surface area contributed by atoms with E-state index in [0.29, 0.717) is 11.3 Å². The van der Waals surface area contributed by atoms with Crippen LogP contribution in [0.1, 0.15) is 31.2 Å². The van der Waals surface area contributed by atoms with Crippen LogP contribution >= 0.6 is 11.3 Å². The number of aryl methyl sites for hydroxylation is 4. The number of rotatable bonds is 4. The molecule has 23 heavy (non-hydrogen) atoms. The molecule has 2 aromatic rings. The molecule has 6 heteroatoms. The highest BCUT2D eigenvalue weighted by atomic mass is 32.1. The summed E-state index contributed by atoms with van der Waals surface area (Å²) in [6, 6.07) is 7.42. The van der Waals surface area contributed by atoms with E-state index in [1.165, 1.54) is 0 Å². The molecule has 0 aliphatic carbocycles. The maximum Gasteiger partial charge on any atom is 0.276 e. The standard InChI is InChI=1S/C17H20N2O3S/c1-10-5-6-14(7-11(10)2)22-9-16(20)18-19-17(21)15-8-12(3)23-13(15)4/h5-8H,9H2,1-4H3,(H,18,20)(H,19,21). The number of thiophene rings is 1. The Labute approximate surface area is 139 Å². The first kappa shape index (κ1) is 17.0. The van der Waals surface area contributed by atoms with Gasteiger partial charge in [0.1, 0.15) is 5.75 Å². The van der Waals surface area contributed by atoms with Crippen molar-refractivity contribution in [3.63, 3.8) is 0 Å². The Bertz CT molecular complexity index is 737. The van der Waals surface area contributed by atoms with Crippen LogP contribution in [0.3, 0.4) is 0 Å². The molecule has 0 saturated carbocycles. The van der Waals surface area contributed by atoms with Gasteiger partial charge in [-0.1, -0.05) is 6.07 Å². The van der Waals surface area contributed by atoms with E-state index in [0.717, 1.165) is 20.9 Å². The average Bonchev–Trinajstić information content (AvgIpc) is 2.84. The molecule has 2 rings (SSSR count). The monoisotopic (exact) mass is 332 g/mol. The van der Waals surface area contributed by atoms with Gasteiger partial charge in [-0.2, -0.15) is 0 Å². The summed E-state index contributed by atoms with van der Waals surface area (Å²) in [5.74, 6) is -0.119. The number of hydrogen-bond donors (Lipinski definition) is 2. The molecule has 1 aromatic carbocycles. The summed E-state index contributed by atoms with van der Waals surface area (Å²) in [6.07, 6.45) is 0. The van der Waals surface area contributed by atoms with Gasteiger partial charge in [0.05, 0.1) is 5.56 Å². The lowest BCUT2D eigenvalue weighted by Crippen LogP contribution is -2.43. The first-order valence-electron chi connectivity index (χ1n) is 7.23. The number of carbonyl (C=O) groups excluding carboxylic acids is 2. The third-order valence-corrected chi connectivity index (χ3v) is 4.42. The van der Waals surface area contributed by atoms with Crippen molar-refractivity contribution in [1.82, 2.24) is 10.9 Å². The molecular formula is C17H20N2O3S. The lowest BCUT2D eigenvalue weighted by Gasteiger charge is -2.10. The molecule has 5 nitrogen and oxygen atoms in total. The molecule has 0 atom stereocenters. The van der Waals surface area contributed by atoms with Crippen molar-refractivity contribution in [2.45, 2.75) is 27.7 Å². The minimum absolute atomic E-state index is 0.162. The minimum atomic E-state index is -0.416. The topological polar surface area (TPSA) is 67.4 Å². The number of carbonyl (C=O) groups is 2. The summed E-state index contributed by atoms with van der Waals surface area (Å²) in [6.45, 7) is 7.63. The summed E-state index contributed by atoms with van der Waals surface area (Å²) in [5.41, 5.74) is 7.58. The molecule has 0 aliphatic rings. The molecule has 122 valence electrons. The van der Waals surface area contributed by atoms with Gasteiger partial charge >= 0.3 is 0 Å². The van der Waals surface area contributed by atoms with Crippen molar-refractivity contribution >= 4 is 23.2 Å². The smallest absolute Gasteiger partial charge is 0.276 e. The zero-order chi connectivity index (χ0) is 17.0. The normalized spacial score (nSPS) is 10.3. The van der Waals surface area contributed by atoms with Gasteiger partial charge in [-0.05, 0) is 57.0 Å². The number of hydrazine groups is 1. The lowest BCUT2D eigenvalue weighted by molar-refractivity contribution is -0.123. The molecule has 1 aromatic heterocycles. The fraction of sp³-hybridized carbons (Fsp3) is 0.294. The van der Waals surface area contributed by atoms with Gasteiger partial charge < -0.3 is 4.74 Å². The van der Waals surface area contributed by atoms with Crippen LogP contribution in [0.5, 0.6) is 5.75 Å². The van der Waals surface area contributed by atoms with Crippen molar-refractivity contribution in [3.05, 3.63) is 50.7 Å². The van der Waals surface area contributed by atoms with Crippen molar-refractivity contribution in [1.29, 1.82) is 0 Å². The van der Waals surface area contributed by atoms with Crippen molar-refractivity contribution in [2.24, 2.45) is 0 Å². The van der Waals surface area contributed by atoms with E-state index in [2.05, 4.69) is 10.9 Å². The number of amides is 2. The summed E-state index contributed by atoms with van der Waals surface area (Å²) < 4.78 is 5.41. The fourth-order valence-electron chi connectivity index (χ4n) is 2.04. The van der Waals surface area contributed by atoms with Crippen LogP contribution in [0.15, 0.2) is 24.3 Å². The highest BCUT2D eigenvalue weighted by molar-refractivity contribution is 7.12. The second kappa shape index (κ2) is 7.28. The van der Waals surface area contributed by atoms with E-state index in [4.69, 9.17) is 4.74 Å². The van der Waals surface area contributed by atoms with E-state index in [1.807, 2.05) is 45.9 Å². The van der Waals surface area contributed by atoms with E-state index in [1.54, 1.807) is 17.4 Å². The van der Waals surface area contributed by atoms with Crippen molar-refractivity contribution in [2.75, 3.05) is 6.61 Å². The Hall–Kier alpha value is -2.34. The van der Waals surface area contributed by atoms with Gasteiger partial charge in [-0.25, -0.2) is 0 Å². The molecule has 0 radical (unpaired) electrons. The summed E-state index contributed by atoms with van der Waals surface area (Å²) in [4.78, 5) is 25.7. The summed E-state index contributed by atoms with van der Waals surface area (Å²) >= 11 is 1.54. The van der Waals surface area contributed by atoms with Crippen LogP contribution in [-0.4, -0.2) is 18.4 Å². The molecule has 0 spiro atoms. The van der Waals surface area contributed by atoms with Gasteiger partial charge in [0.15, 0.2) is 6.61 Å². The van der Waals surface area contributed by atoms with Crippen LogP contribution in [-0.2, 0) is 4.79 Å². The zero-order valence-corrected chi connectivity index (χ0v) is 14.5. The molecule has 0 bridgehead atoms. The zero-order valence-electron chi connectivity index (χ0n) is 13.6. The first-order chi connectivity index (χ1) is 10.9. The van der Waals surface area contributed by atoms with E-state index < -0.39 is 5.91 Å². The Morgan fingerprint density at radius 3 is 2.39 bits per heavy atom. The predicted molar refractivity (Wildman–Crippen MR) is 90.8 cm³/mol. The molecule has 0 saturated heterocycles. The number of benzene rings is 1. The molecule has 0 aliphatic heterocycles. The molecule has 0 fully saturated rings. The van der Waals surface area contributed by atoms with Gasteiger partial charge in [-0.3, -0.25) is 20.4 Å². The van der Waals surface area contributed by atoms with Gasteiger partial charge in [-0.15, -0.1) is 11.3 Å². The largest absolute Gasteiger partial charge is 0.484 e. The van der Waals surface area contributed by atoms with Crippen molar-refractivity contribution < 1.29 is 14.3 Å². The first-order valence-corrected chi connectivity index (χ1v) is 8.04. The van der Waals surface area contributed by atoms with Gasteiger partial charge in [0.2, 0.25) is 0 Å². The molecule has 2 amide bonds. The molecule has 1 heterocycles. The maximum atomic E-state index is 12.0. The highest BCUT2D eigenvalue weighted by Crippen LogP contribution is 2.20. The third-order valence-electron chi connectivity index (χ3n) is 3.45. The Balaban J connectivity index is 1.82. The maximum absolute atomic E-state index is 12.0.